The number of unbranched alkanes of at least 4 members (excludes halogenated alkanes) is 2. The van der Waals surface area contributed by atoms with E-state index in [1.807, 2.05) is 42.5 Å². The fourth-order valence-corrected chi connectivity index (χ4v) is 4.04. The van der Waals surface area contributed by atoms with Gasteiger partial charge in [0.25, 0.3) is 11.5 Å². The number of amides is 1. The van der Waals surface area contributed by atoms with Gasteiger partial charge in [0.05, 0.1) is 12.2 Å². The molecule has 0 aliphatic heterocycles. The summed E-state index contributed by atoms with van der Waals surface area (Å²) in [6.07, 6.45) is 5.23. The van der Waals surface area contributed by atoms with E-state index in [2.05, 4.69) is 10.2 Å². The summed E-state index contributed by atoms with van der Waals surface area (Å²) in [7, 11) is 1.73. The molecule has 1 amide bonds. The Labute approximate surface area is 204 Å². The Morgan fingerprint density at radius 2 is 1.83 bits per heavy atom. The second-order valence-corrected chi connectivity index (χ2v) is 8.67. The Kier molecular flexibility index (Phi) is 7.88. The van der Waals surface area contributed by atoms with Crippen LogP contribution < -0.4 is 5.56 Å². The molecule has 0 bridgehead atoms. The molecule has 6 nitrogen and oxygen atoms in total. The van der Waals surface area contributed by atoms with E-state index in [-0.39, 0.29) is 22.8 Å². The van der Waals surface area contributed by atoms with Crippen molar-refractivity contribution in [1.82, 2.24) is 19.7 Å². The van der Waals surface area contributed by atoms with Crippen LogP contribution in [0.1, 0.15) is 40.9 Å². The molecule has 180 valence electrons. The molecule has 1 N–H and O–H groups in total. The highest BCUT2D eigenvalue weighted by Crippen LogP contribution is 2.19. The monoisotopic (exact) mass is 472 g/mol. The maximum atomic E-state index is 13.4. The van der Waals surface area contributed by atoms with Crippen LogP contribution in [0.3, 0.4) is 0 Å². The van der Waals surface area contributed by atoms with Crippen molar-refractivity contribution < 1.29 is 9.18 Å². The van der Waals surface area contributed by atoms with Crippen molar-refractivity contribution >= 4 is 5.91 Å². The Morgan fingerprint density at radius 3 is 2.63 bits per heavy atom. The van der Waals surface area contributed by atoms with E-state index in [1.165, 1.54) is 12.1 Å². The van der Waals surface area contributed by atoms with E-state index < -0.39 is 0 Å². The molecule has 0 fully saturated rings. The van der Waals surface area contributed by atoms with Crippen molar-refractivity contribution in [2.24, 2.45) is 0 Å². The summed E-state index contributed by atoms with van der Waals surface area (Å²) in [5, 5.41) is 7.29. The van der Waals surface area contributed by atoms with Crippen LogP contribution in [0.25, 0.3) is 11.3 Å². The molecular weight excluding hydrogens is 443 g/mol. The quantitative estimate of drug-likeness (QED) is 0.333. The Balaban J connectivity index is 1.25. The van der Waals surface area contributed by atoms with Crippen molar-refractivity contribution in [3.8, 4) is 11.3 Å². The van der Waals surface area contributed by atoms with Crippen molar-refractivity contribution in [2.45, 2.75) is 32.2 Å². The van der Waals surface area contributed by atoms with Gasteiger partial charge in [-0.1, -0.05) is 48.9 Å². The lowest BCUT2D eigenvalue weighted by atomic mass is 10.1. The standard InChI is InChI=1S/C28H29FN4O2/c1-32(27(34)25-15-9-17-33(28(25)35)20-21-10-4-2-5-11-21)16-7-3-6-14-24-19-26(31-30-24)22-12-8-13-23(29)18-22/h2,4-5,8-13,15,17-19H,3,6-7,14,16,20H2,1H3,(H,30,31). The third-order valence-corrected chi connectivity index (χ3v) is 5.98. The van der Waals surface area contributed by atoms with Crippen molar-refractivity contribution in [2.75, 3.05) is 13.6 Å². The van der Waals surface area contributed by atoms with Crippen molar-refractivity contribution in [3.05, 3.63) is 112 Å². The molecule has 2 aromatic heterocycles. The molecule has 0 saturated carbocycles. The van der Waals surface area contributed by atoms with Crippen molar-refractivity contribution in [3.63, 3.8) is 0 Å². The number of carbonyl (C=O) groups excluding carboxylic acids is 1. The van der Waals surface area contributed by atoms with Gasteiger partial charge < -0.3 is 9.47 Å². The van der Waals surface area contributed by atoms with E-state index in [0.717, 1.165) is 48.2 Å². The van der Waals surface area contributed by atoms with Gasteiger partial charge in [-0.2, -0.15) is 5.10 Å². The molecule has 0 spiro atoms. The van der Waals surface area contributed by atoms with Crippen molar-refractivity contribution in [1.29, 1.82) is 0 Å². The zero-order valence-corrected chi connectivity index (χ0v) is 19.8. The fourth-order valence-electron chi connectivity index (χ4n) is 4.04. The smallest absolute Gasteiger partial charge is 0.263 e. The van der Waals surface area contributed by atoms with Gasteiger partial charge in [-0.15, -0.1) is 0 Å². The average Bonchev–Trinajstić information content (AvgIpc) is 3.34. The first-order valence-corrected chi connectivity index (χ1v) is 11.8. The van der Waals surface area contributed by atoms with Gasteiger partial charge in [0.15, 0.2) is 0 Å². The number of aryl methyl sites for hydroxylation is 1. The highest BCUT2D eigenvalue weighted by Gasteiger charge is 2.16. The molecule has 0 radical (unpaired) electrons. The number of aromatic nitrogens is 3. The number of halogens is 1. The minimum absolute atomic E-state index is 0.188. The molecule has 0 atom stereocenters. The van der Waals surface area contributed by atoms with Crippen LogP contribution in [0, 0.1) is 5.82 Å². The first-order valence-electron chi connectivity index (χ1n) is 11.8. The molecule has 4 aromatic rings. The zero-order valence-electron chi connectivity index (χ0n) is 19.8. The van der Waals surface area contributed by atoms with Crippen LogP contribution >= 0.6 is 0 Å². The van der Waals surface area contributed by atoms with Gasteiger partial charge in [0.2, 0.25) is 0 Å². The van der Waals surface area contributed by atoms with Crippen LogP contribution in [0.5, 0.6) is 0 Å². The molecule has 0 unspecified atom stereocenters. The summed E-state index contributed by atoms with van der Waals surface area (Å²) in [5.74, 6) is -0.540. The second-order valence-electron chi connectivity index (χ2n) is 8.67. The highest BCUT2D eigenvalue weighted by atomic mass is 19.1. The first-order chi connectivity index (χ1) is 17.0. The van der Waals surface area contributed by atoms with E-state index in [9.17, 15) is 14.0 Å². The summed E-state index contributed by atoms with van der Waals surface area (Å²) in [6, 6.07) is 21.4. The Hall–Kier alpha value is -4.00. The summed E-state index contributed by atoms with van der Waals surface area (Å²) < 4.78 is 15.0. The maximum absolute atomic E-state index is 13.4. The molecule has 2 heterocycles. The topological polar surface area (TPSA) is 71.0 Å². The van der Waals surface area contributed by atoms with E-state index in [4.69, 9.17) is 0 Å². The Bertz CT molecular complexity index is 1330. The minimum Gasteiger partial charge on any atom is -0.342 e. The second kappa shape index (κ2) is 11.4. The molecule has 0 aliphatic carbocycles. The number of carbonyl (C=O) groups is 1. The minimum atomic E-state index is -0.281. The number of pyridine rings is 1. The van der Waals surface area contributed by atoms with Crippen LogP contribution in [0.4, 0.5) is 4.39 Å². The van der Waals surface area contributed by atoms with Gasteiger partial charge in [-0.25, -0.2) is 4.39 Å². The molecule has 7 heteroatoms. The number of H-pyrrole nitrogens is 1. The van der Waals surface area contributed by atoms with Gasteiger partial charge in [0, 0.05) is 31.0 Å². The lowest BCUT2D eigenvalue weighted by Gasteiger charge is -2.17. The number of nitrogens with one attached hydrogen (secondary N) is 1. The number of hydrogen-bond donors (Lipinski definition) is 1. The van der Waals surface area contributed by atoms with Gasteiger partial charge in [0.1, 0.15) is 11.4 Å². The molecule has 0 aliphatic rings. The summed E-state index contributed by atoms with van der Waals surface area (Å²) in [5.41, 5.74) is 3.39. The number of hydrogen-bond acceptors (Lipinski definition) is 3. The molecule has 2 aromatic carbocycles. The summed E-state index contributed by atoms with van der Waals surface area (Å²) in [6.45, 7) is 1.00. The number of rotatable bonds is 10. The average molecular weight is 473 g/mol. The summed E-state index contributed by atoms with van der Waals surface area (Å²) in [4.78, 5) is 27.4. The van der Waals surface area contributed by atoms with E-state index in [0.29, 0.717) is 13.1 Å². The predicted octanol–water partition coefficient (Wildman–Crippen LogP) is 4.91. The predicted molar refractivity (Wildman–Crippen MR) is 135 cm³/mol. The third kappa shape index (κ3) is 6.32. The van der Waals surface area contributed by atoms with E-state index >= 15 is 0 Å². The SMILES string of the molecule is CN(CCCCCc1cc(-c2cccc(F)c2)n[nH]1)C(=O)c1cccn(Cc2ccccc2)c1=O. The van der Waals surface area contributed by atoms with Crippen LogP contribution in [0.2, 0.25) is 0 Å². The van der Waals surface area contributed by atoms with Gasteiger partial charge in [-0.3, -0.25) is 14.7 Å². The molecule has 4 rings (SSSR count). The van der Waals surface area contributed by atoms with Crippen LogP contribution in [-0.2, 0) is 13.0 Å². The molecule has 35 heavy (non-hydrogen) atoms. The first kappa shape index (κ1) is 24.1. The Morgan fingerprint density at radius 1 is 1.00 bits per heavy atom. The largest absolute Gasteiger partial charge is 0.342 e. The normalized spacial score (nSPS) is 10.9. The molecule has 0 saturated heterocycles. The van der Waals surface area contributed by atoms with Gasteiger partial charge >= 0.3 is 0 Å². The lowest BCUT2D eigenvalue weighted by molar-refractivity contribution is 0.0790. The lowest BCUT2D eigenvalue weighted by Crippen LogP contribution is -2.34. The van der Waals surface area contributed by atoms with Crippen LogP contribution in [0.15, 0.2) is 83.8 Å². The summed E-state index contributed by atoms with van der Waals surface area (Å²) >= 11 is 0. The third-order valence-electron chi connectivity index (χ3n) is 5.98. The highest BCUT2D eigenvalue weighted by molar-refractivity contribution is 5.93. The number of nitrogens with zero attached hydrogens (tertiary/aromatic N) is 3. The van der Waals surface area contributed by atoms with Crippen LogP contribution in [-0.4, -0.2) is 39.2 Å². The zero-order chi connectivity index (χ0) is 24.6. The maximum Gasteiger partial charge on any atom is 0.263 e. The fraction of sp³-hybridized carbons (Fsp3) is 0.250. The molecular formula is C28H29FN4O2. The van der Waals surface area contributed by atoms with Gasteiger partial charge in [-0.05, 0) is 55.2 Å². The number of benzene rings is 2. The van der Waals surface area contributed by atoms with E-state index in [1.54, 1.807) is 40.9 Å². The number of aromatic amines is 1.